The summed E-state index contributed by atoms with van der Waals surface area (Å²) in [5.41, 5.74) is 6.00. The van der Waals surface area contributed by atoms with Crippen LogP contribution in [0.4, 0.5) is 0 Å². The first-order chi connectivity index (χ1) is 11.3. The van der Waals surface area contributed by atoms with Crippen molar-refractivity contribution in [2.24, 2.45) is 5.73 Å². The molecule has 1 fully saturated rings. The number of sulfonamides is 1. The molecule has 24 heavy (non-hydrogen) atoms. The van der Waals surface area contributed by atoms with Gasteiger partial charge in [0.1, 0.15) is 0 Å². The van der Waals surface area contributed by atoms with Gasteiger partial charge in [-0.1, -0.05) is 43.7 Å². The number of nitrogens with zero attached hydrogens (tertiary/aromatic N) is 2. The average molecular weight is 353 g/mol. The Labute approximate surface area is 144 Å². The van der Waals surface area contributed by atoms with Crippen molar-refractivity contribution in [1.82, 2.24) is 9.21 Å². The fourth-order valence-corrected chi connectivity index (χ4v) is 4.55. The summed E-state index contributed by atoms with van der Waals surface area (Å²) in [5, 5.41) is 0. The van der Waals surface area contributed by atoms with Crippen molar-refractivity contribution in [3.05, 3.63) is 35.9 Å². The molecule has 2 rings (SSSR count). The molecule has 7 heteroatoms. The quantitative estimate of drug-likeness (QED) is 0.832. The van der Waals surface area contributed by atoms with Crippen LogP contribution in [0.25, 0.3) is 0 Å². The van der Waals surface area contributed by atoms with Gasteiger partial charge in [0.15, 0.2) is 0 Å². The van der Waals surface area contributed by atoms with E-state index < -0.39 is 15.6 Å². The molecular weight excluding hydrogens is 326 g/mol. The number of carbonyl (C=O) groups is 1. The van der Waals surface area contributed by atoms with Crippen molar-refractivity contribution >= 4 is 15.9 Å². The third kappa shape index (κ3) is 4.55. The molecule has 1 unspecified atom stereocenters. The summed E-state index contributed by atoms with van der Waals surface area (Å²) in [4.78, 5) is 14.2. The Bertz CT molecular complexity index is 651. The predicted molar refractivity (Wildman–Crippen MR) is 94.7 cm³/mol. The van der Waals surface area contributed by atoms with Crippen molar-refractivity contribution in [2.45, 2.75) is 38.0 Å². The molecule has 0 spiro atoms. The summed E-state index contributed by atoms with van der Waals surface area (Å²) in [7, 11) is -3.37. The number of piperazine rings is 1. The number of nitrogens with two attached hydrogens (primary N) is 1. The van der Waals surface area contributed by atoms with E-state index in [1.165, 1.54) is 4.31 Å². The van der Waals surface area contributed by atoms with Gasteiger partial charge in [-0.2, -0.15) is 4.31 Å². The minimum atomic E-state index is -3.37. The van der Waals surface area contributed by atoms with Crippen LogP contribution in [-0.4, -0.2) is 55.2 Å². The molecule has 1 saturated heterocycles. The normalized spacial score (nSPS) is 19.0. The van der Waals surface area contributed by atoms with E-state index >= 15 is 0 Å². The molecule has 1 amide bonds. The molecule has 1 heterocycles. The lowest BCUT2D eigenvalue weighted by molar-refractivity contribution is -0.137. The molecule has 1 aliphatic rings. The van der Waals surface area contributed by atoms with Crippen LogP contribution in [0.3, 0.4) is 0 Å². The molecule has 0 radical (unpaired) electrons. The van der Waals surface area contributed by atoms with Crippen LogP contribution >= 0.6 is 0 Å². The maximum absolute atomic E-state index is 12.5. The summed E-state index contributed by atoms with van der Waals surface area (Å²) < 4.78 is 26.5. The van der Waals surface area contributed by atoms with Crippen LogP contribution in [-0.2, 0) is 20.6 Å². The fraction of sp³-hybridized carbons (Fsp3) is 0.588. The van der Waals surface area contributed by atoms with E-state index in [0.717, 1.165) is 12.0 Å². The van der Waals surface area contributed by atoms with Gasteiger partial charge < -0.3 is 10.6 Å². The van der Waals surface area contributed by atoms with E-state index in [4.69, 9.17) is 5.73 Å². The van der Waals surface area contributed by atoms with Gasteiger partial charge >= 0.3 is 0 Å². The van der Waals surface area contributed by atoms with Gasteiger partial charge in [0, 0.05) is 26.2 Å². The van der Waals surface area contributed by atoms with Crippen LogP contribution in [0.5, 0.6) is 0 Å². The highest BCUT2D eigenvalue weighted by Gasteiger charge is 2.35. The van der Waals surface area contributed by atoms with E-state index in [1.807, 2.05) is 37.3 Å². The van der Waals surface area contributed by atoms with Crippen LogP contribution in [0, 0.1) is 0 Å². The summed E-state index contributed by atoms with van der Waals surface area (Å²) in [6, 6.07) is 9.14. The zero-order chi connectivity index (χ0) is 17.8. The lowest BCUT2D eigenvalue weighted by atomic mass is 9.95. The molecule has 1 aliphatic heterocycles. The molecule has 0 saturated carbocycles. The maximum Gasteiger partial charge on any atom is 0.242 e. The number of hydrogen-bond donors (Lipinski definition) is 1. The lowest BCUT2D eigenvalue weighted by Crippen LogP contribution is -2.58. The molecule has 2 N–H and O–H groups in total. The predicted octanol–water partition coefficient (Wildman–Crippen LogP) is 1.18. The molecule has 0 aliphatic carbocycles. The molecule has 134 valence electrons. The monoisotopic (exact) mass is 353 g/mol. The lowest BCUT2D eigenvalue weighted by Gasteiger charge is -2.38. The molecular formula is C17H27N3O3S. The molecule has 1 atom stereocenters. The highest BCUT2D eigenvalue weighted by Crippen LogP contribution is 2.17. The smallest absolute Gasteiger partial charge is 0.242 e. The molecule has 6 nitrogen and oxygen atoms in total. The SMILES string of the molecule is CCCC(C)(N)C(=O)N1CCN(S(=O)(=O)Cc2ccccc2)CC1. The van der Waals surface area contributed by atoms with Crippen LogP contribution in [0.15, 0.2) is 30.3 Å². The van der Waals surface area contributed by atoms with Crippen molar-refractivity contribution in [2.75, 3.05) is 26.2 Å². The second kappa shape index (κ2) is 7.63. The minimum absolute atomic E-state index is 0.00771. The zero-order valence-corrected chi connectivity index (χ0v) is 15.3. The number of carbonyl (C=O) groups excluding carboxylic acids is 1. The summed E-state index contributed by atoms with van der Waals surface area (Å²) in [5.74, 6) is -0.101. The molecule has 0 aromatic heterocycles. The topological polar surface area (TPSA) is 83.7 Å². The number of hydrogen-bond acceptors (Lipinski definition) is 4. The van der Waals surface area contributed by atoms with Crippen molar-refractivity contribution in [1.29, 1.82) is 0 Å². The van der Waals surface area contributed by atoms with Gasteiger partial charge in [0.2, 0.25) is 15.9 Å². The standard InChI is InChI=1S/C17H27N3O3S/c1-3-9-17(2,18)16(21)19-10-12-20(13-11-19)24(22,23)14-15-7-5-4-6-8-15/h4-8H,3,9-14,18H2,1-2H3. The third-order valence-corrected chi connectivity index (χ3v) is 6.22. The van der Waals surface area contributed by atoms with Crippen LogP contribution in [0.2, 0.25) is 0 Å². The largest absolute Gasteiger partial charge is 0.338 e. The first-order valence-electron chi connectivity index (χ1n) is 8.36. The molecule has 1 aromatic rings. The zero-order valence-electron chi connectivity index (χ0n) is 14.4. The summed E-state index contributed by atoms with van der Waals surface area (Å²) in [6.45, 7) is 5.17. The average Bonchev–Trinajstić information content (AvgIpc) is 2.55. The van der Waals surface area contributed by atoms with Gasteiger partial charge in [0.05, 0.1) is 11.3 Å². The summed E-state index contributed by atoms with van der Waals surface area (Å²) in [6.07, 6.45) is 1.46. The second-order valence-corrected chi connectivity index (χ2v) is 8.57. The highest BCUT2D eigenvalue weighted by molar-refractivity contribution is 7.88. The Kier molecular flexibility index (Phi) is 6.01. The maximum atomic E-state index is 12.5. The van der Waals surface area contributed by atoms with Gasteiger partial charge in [-0.05, 0) is 18.9 Å². The van der Waals surface area contributed by atoms with Crippen molar-refractivity contribution in [3.63, 3.8) is 0 Å². The Hall–Kier alpha value is -1.44. The van der Waals surface area contributed by atoms with E-state index in [1.54, 1.807) is 11.8 Å². The van der Waals surface area contributed by atoms with E-state index in [2.05, 4.69) is 0 Å². The first-order valence-corrected chi connectivity index (χ1v) is 9.97. The summed E-state index contributed by atoms with van der Waals surface area (Å²) >= 11 is 0. The number of benzene rings is 1. The van der Waals surface area contributed by atoms with Crippen molar-refractivity contribution in [3.8, 4) is 0 Å². The van der Waals surface area contributed by atoms with Crippen molar-refractivity contribution < 1.29 is 13.2 Å². The van der Waals surface area contributed by atoms with Crippen LogP contribution in [0.1, 0.15) is 32.3 Å². The Morgan fingerprint density at radius 1 is 1.17 bits per heavy atom. The van der Waals surface area contributed by atoms with Gasteiger partial charge in [-0.15, -0.1) is 0 Å². The fourth-order valence-electron chi connectivity index (χ4n) is 3.03. The van der Waals surface area contributed by atoms with E-state index in [0.29, 0.717) is 32.6 Å². The Balaban J connectivity index is 1.96. The van der Waals surface area contributed by atoms with Gasteiger partial charge in [-0.25, -0.2) is 8.42 Å². The van der Waals surface area contributed by atoms with E-state index in [9.17, 15) is 13.2 Å². The number of amides is 1. The minimum Gasteiger partial charge on any atom is -0.338 e. The van der Waals surface area contributed by atoms with Crippen LogP contribution < -0.4 is 5.73 Å². The third-order valence-electron chi connectivity index (χ3n) is 4.37. The van der Waals surface area contributed by atoms with E-state index in [-0.39, 0.29) is 11.7 Å². The second-order valence-electron chi connectivity index (χ2n) is 6.60. The van der Waals surface area contributed by atoms with Gasteiger partial charge in [-0.3, -0.25) is 4.79 Å². The Morgan fingerprint density at radius 2 is 1.75 bits per heavy atom. The molecule has 1 aromatic carbocycles. The molecule has 0 bridgehead atoms. The highest BCUT2D eigenvalue weighted by atomic mass is 32.2. The first kappa shape index (κ1) is 18.9. The van der Waals surface area contributed by atoms with Gasteiger partial charge in [0.25, 0.3) is 0 Å². The Morgan fingerprint density at radius 3 is 2.29 bits per heavy atom. The number of rotatable bonds is 6.